The van der Waals surface area contributed by atoms with Crippen LogP contribution in [-0.2, 0) is 14.3 Å². The van der Waals surface area contributed by atoms with Gasteiger partial charge in [-0.2, -0.15) is 56.5 Å². The van der Waals surface area contributed by atoms with Gasteiger partial charge in [0.25, 0.3) is 0 Å². The fourth-order valence-electron chi connectivity index (χ4n) is 1.28. The average molecular weight is 397 g/mol. The third-order valence-corrected chi connectivity index (χ3v) is 4.33. The monoisotopic (exact) mass is 396 g/mol. The molecule has 1 saturated heterocycles. The molecule has 1 heterocycles. The molecule has 16 heteroatoms. The fourth-order valence-corrected chi connectivity index (χ4v) is 2.56. The van der Waals surface area contributed by atoms with Crippen molar-refractivity contribution in [2.45, 2.75) is 34.3 Å². The zero-order chi connectivity index (χ0) is 18.2. The number of hydrogen-bond donors (Lipinski definition) is 0. The Morgan fingerprint density at radius 3 is 1.41 bits per heavy atom. The molecule has 1 atom stereocenters. The number of hydrogen-bond acceptors (Lipinski definition) is 3. The molecule has 132 valence electrons. The number of rotatable bonds is 4. The van der Waals surface area contributed by atoms with Crippen LogP contribution in [0.25, 0.3) is 0 Å². The molecule has 0 radical (unpaired) electrons. The summed E-state index contributed by atoms with van der Waals surface area (Å²) in [6.45, 7) is 0. The average Bonchev–Trinajstić information content (AvgIpc) is 2.23. The molecular weight excluding hydrogens is 397 g/mol. The van der Waals surface area contributed by atoms with Crippen LogP contribution < -0.4 is 0 Å². The van der Waals surface area contributed by atoms with E-state index in [1.165, 1.54) is 0 Å². The van der Waals surface area contributed by atoms with Gasteiger partial charge in [0, 0.05) is 0 Å². The van der Waals surface area contributed by atoms with Gasteiger partial charge in [0.05, 0.1) is 0 Å². The summed E-state index contributed by atoms with van der Waals surface area (Å²) in [5, 5.41) is -13.2. The van der Waals surface area contributed by atoms with Crippen LogP contribution in [0.2, 0.25) is 0 Å². The van der Waals surface area contributed by atoms with Crippen molar-refractivity contribution < 1.29 is 60.9 Å². The van der Waals surface area contributed by atoms with Crippen molar-refractivity contribution in [1.29, 1.82) is 0 Å². The topological polar surface area (TPSA) is 43.4 Å². The smallest absolute Gasteiger partial charge is 0.206 e. The Kier molecular flexibility index (Phi) is 3.79. The molecule has 1 unspecified atom stereocenters. The van der Waals surface area contributed by atoms with E-state index in [1.54, 1.807) is 0 Å². The van der Waals surface area contributed by atoms with Crippen LogP contribution in [0.15, 0.2) is 0 Å². The Labute approximate surface area is 118 Å². The van der Waals surface area contributed by atoms with Gasteiger partial charge in [-0.15, -0.1) is 0 Å². The quantitative estimate of drug-likeness (QED) is 0.416. The zero-order valence-electron chi connectivity index (χ0n) is 9.17. The maximum Gasteiger partial charge on any atom is 0.427 e. The van der Waals surface area contributed by atoms with E-state index in [1.807, 2.05) is 0 Å². The second-order valence-corrected chi connectivity index (χ2v) is 5.98. The van der Waals surface area contributed by atoms with Gasteiger partial charge in [0.2, 0.25) is 0 Å². The minimum atomic E-state index is -7.64. The molecule has 0 amide bonds. The van der Waals surface area contributed by atoms with Gasteiger partial charge in [-0.1, -0.05) is 0 Å². The minimum Gasteiger partial charge on any atom is -0.206 e. The second kappa shape index (κ2) is 4.28. The largest absolute Gasteiger partial charge is 0.427 e. The Morgan fingerprint density at radius 1 is 0.818 bits per heavy atom. The third-order valence-electron chi connectivity index (χ3n) is 2.48. The Morgan fingerprint density at radius 2 is 1.18 bits per heavy atom. The van der Waals surface area contributed by atoms with E-state index >= 15 is 0 Å². The lowest BCUT2D eigenvalue weighted by Gasteiger charge is -2.46. The predicted octanol–water partition coefficient (Wildman–Crippen LogP) is 3.34. The van der Waals surface area contributed by atoms with Crippen LogP contribution in [-0.4, -0.2) is 42.7 Å². The van der Waals surface area contributed by atoms with Gasteiger partial charge < -0.3 is 0 Å². The van der Waals surface area contributed by atoms with Gasteiger partial charge >= 0.3 is 44.4 Å². The third kappa shape index (κ3) is 1.87. The Bertz CT molecular complexity index is 581. The van der Waals surface area contributed by atoms with Crippen LogP contribution in [0.1, 0.15) is 0 Å². The van der Waals surface area contributed by atoms with Crippen LogP contribution in [0, 0.1) is 0 Å². The SMILES string of the molecule is O=S1(=O)OC(F)(F)C1(F)C(F)(F)C(F)(F)C(F)(F)C(F)(F)Cl. The molecule has 0 aromatic carbocycles. The van der Waals surface area contributed by atoms with E-state index in [4.69, 9.17) is 0 Å². The fraction of sp³-hybridized carbons (Fsp3) is 1.00. The molecule has 22 heavy (non-hydrogen) atoms. The van der Waals surface area contributed by atoms with Crippen molar-refractivity contribution in [2.75, 3.05) is 0 Å². The van der Waals surface area contributed by atoms with Crippen molar-refractivity contribution in [3.8, 4) is 0 Å². The maximum absolute atomic E-state index is 13.3. The molecule has 0 aromatic rings. The van der Waals surface area contributed by atoms with E-state index < -0.39 is 44.4 Å². The minimum absolute atomic E-state index is 2.29. The van der Waals surface area contributed by atoms with Crippen molar-refractivity contribution in [3.63, 3.8) is 0 Å². The molecule has 0 bridgehead atoms. The normalized spacial score (nSPS) is 29.1. The summed E-state index contributed by atoms with van der Waals surface area (Å²) >= 11 is 3.48. The van der Waals surface area contributed by atoms with Gasteiger partial charge in [0.1, 0.15) is 0 Å². The van der Waals surface area contributed by atoms with Crippen molar-refractivity contribution in [1.82, 2.24) is 0 Å². The van der Waals surface area contributed by atoms with Crippen molar-refractivity contribution in [3.05, 3.63) is 0 Å². The maximum atomic E-state index is 13.3. The first-order valence-corrected chi connectivity index (χ1v) is 6.21. The predicted molar refractivity (Wildman–Crippen MR) is 44.4 cm³/mol. The molecule has 1 rings (SSSR count). The van der Waals surface area contributed by atoms with Crippen LogP contribution in [0.3, 0.4) is 0 Å². The lowest BCUT2D eigenvalue weighted by Crippen LogP contribution is -2.79. The van der Waals surface area contributed by atoms with E-state index in [-0.39, 0.29) is 0 Å². The van der Waals surface area contributed by atoms with Gasteiger partial charge in [-0.3, -0.25) is 0 Å². The molecule has 0 saturated carbocycles. The standard InChI is InChI=1S/C6ClF11O3S/c7-5(15,16)3(12,13)1(8,9)2(10,11)4(14)6(17,18)21-22(4,19)20. The highest BCUT2D eigenvalue weighted by Crippen LogP contribution is 2.65. The zero-order valence-corrected chi connectivity index (χ0v) is 10.7. The van der Waals surface area contributed by atoms with Gasteiger partial charge in [-0.25, -0.2) is 4.39 Å². The molecule has 3 nitrogen and oxygen atoms in total. The van der Waals surface area contributed by atoms with Gasteiger partial charge in [0.15, 0.2) is 0 Å². The van der Waals surface area contributed by atoms with E-state index in [0.717, 1.165) is 0 Å². The van der Waals surface area contributed by atoms with Gasteiger partial charge in [-0.05, 0) is 11.6 Å². The van der Waals surface area contributed by atoms with Crippen molar-refractivity contribution >= 4 is 21.7 Å². The molecule has 0 aliphatic carbocycles. The molecule has 1 aliphatic heterocycles. The van der Waals surface area contributed by atoms with E-state index in [2.05, 4.69) is 15.8 Å². The van der Waals surface area contributed by atoms with Crippen LogP contribution in [0.5, 0.6) is 0 Å². The Balaban J connectivity index is 3.60. The first-order chi connectivity index (χ1) is 9.21. The number of alkyl halides is 12. The first-order valence-electron chi connectivity index (χ1n) is 4.43. The van der Waals surface area contributed by atoms with Crippen LogP contribution in [0.4, 0.5) is 48.3 Å². The molecule has 0 spiro atoms. The number of halogens is 12. The summed E-state index contributed by atoms with van der Waals surface area (Å²) in [6, 6.07) is 0. The lowest BCUT2D eigenvalue weighted by atomic mass is 9.99. The highest BCUT2D eigenvalue weighted by molar-refractivity contribution is 7.89. The van der Waals surface area contributed by atoms with E-state index in [9.17, 15) is 56.7 Å². The molecule has 1 aliphatic rings. The van der Waals surface area contributed by atoms with Crippen molar-refractivity contribution in [2.24, 2.45) is 0 Å². The summed E-state index contributed by atoms with van der Waals surface area (Å²) in [7, 11) is -6.84. The summed E-state index contributed by atoms with van der Waals surface area (Å²) in [4.78, 5) is 0. The van der Waals surface area contributed by atoms with E-state index in [0.29, 0.717) is 0 Å². The first kappa shape index (κ1) is 19.5. The summed E-state index contributed by atoms with van der Waals surface area (Å²) in [6.07, 6.45) is -6.21. The highest BCUT2D eigenvalue weighted by Gasteiger charge is 2.98. The lowest BCUT2D eigenvalue weighted by molar-refractivity contribution is -0.410. The molecule has 0 N–H and O–H groups in total. The second-order valence-electron chi connectivity index (χ2n) is 3.87. The van der Waals surface area contributed by atoms with Crippen LogP contribution >= 0.6 is 11.6 Å². The summed E-state index contributed by atoms with van der Waals surface area (Å²) < 4.78 is 163. The molecular formula is C6ClF11O3S. The Hall–Kier alpha value is -0.570. The highest BCUT2D eigenvalue weighted by atomic mass is 35.5. The molecule has 1 fully saturated rings. The molecule has 0 aromatic heterocycles. The summed E-state index contributed by atoms with van der Waals surface area (Å²) in [5.41, 5.74) is 0. The summed E-state index contributed by atoms with van der Waals surface area (Å²) in [5.74, 6) is -22.5.